The van der Waals surface area contributed by atoms with Gasteiger partial charge in [-0.15, -0.1) is 0 Å². The van der Waals surface area contributed by atoms with E-state index in [9.17, 15) is 5.11 Å². The molecule has 0 unspecified atom stereocenters. The van der Waals surface area contributed by atoms with E-state index in [1.165, 1.54) is 105 Å². The smallest absolute Gasteiger partial charge is 0.488 e. The molecule has 0 saturated carbocycles. The third kappa shape index (κ3) is 24.5. The fraction of sp³-hybridized carbons (Fsp3) is 0.0392. The maximum absolute atomic E-state index is 9.33. The van der Waals surface area contributed by atoms with Crippen molar-refractivity contribution >= 4 is 146 Å². The molecule has 15 heteroatoms. The molecule has 18 aromatic rings. The molecule has 0 aliphatic heterocycles. The van der Waals surface area contributed by atoms with Gasteiger partial charge in [-0.25, -0.2) is 9.97 Å². The standard InChI is InChI=1S/4C18H15P.C15H14N2O.C9H9BrN2.C6H7BO3.Pd/c4*1-4-10-16(11-5-1)19(17-12-6-2-7-13-17)18-14-8-3-9-15-18;1-10-13(11-3-5-12(18)6-4-11)7-8-14-15(10)16-9-17(14)2;1-6-7(10)3-4-8-9(6)11-5-12(8)2;8-6-3-1-5(2-4-6)7(9)10;/h4*1-15H;3-9,18H,1-2H3;3-5H,1-2H3;1-4,8-10H;. The van der Waals surface area contributed by atoms with Crippen molar-refractivity contribution in [3.63, 3.8) is 0 Å². The van der Waals surface area contributed by atoms with Crippen LogP contribution >= 0.6 is 47.6 Å². The van der Waals surface area contributed by atoms with Gasteiger partial charge in [-0.2, -0.15) is 0 Å². The first-order valence-electron chi connectivity index (χ1n) is 38.1. The van der Waals surface area contributed by atoms with Crippen LogP contribution in [0.2, 0.25) is 0 Å². The second-order valence-electron chi connectivity index (χ2n) is 26.7. The number of aryl methyl sites for hydroxylation is 4. The number of phenolic OH excluding ortho intramolecular Hbond substituents is 2. The number of fused-ring (bicyclic) bond motifs is 2. The van der Waals surface area contributed by atoms with Crippen LogP contribution in [-0.4, -0.2) is 46.5 Å². The van der Waals surface area contributed by atoms with Gasteiger partial charge in [-0.3, -0.25) is 0 Å². The number of halogens is 1. The molecule has 2 heterocycles. The van der Waals surface area contributed by atoms with Gasteiger partial charge < -0.3 is 29.4 Å². The number of imidazole rings is 2. The molecule has 582 valence electrons. The first-order chi connectivity index (χ1) is 56.9. The molecular weight excluding hydrogens is 1670 g/mol. The van der Waals surface area contributed by atoms with Crippen molar-refractivity contribution in [2.75, 3.05) is 0 Å². The van der Waals surface area contributed by atoms with Crippen LogP contribution in [-0.2, 0) is 34.5 Å². The number of aromatic hydroxyl groups is 2. The summed E-state index contributed by atoms with van der Waals surface area (Å²) in [5.74, 6) is 0.403. The first-order valence-corrected chi connectivity index (χ1v) is 44.2. The van der Waals surface area contributed by atoms with Gasteiger partial charge in [0.2, 0.25) is 0 Å². The van der Waals surface area contributed by atoms with Crippen LogP contribution in [0.4, 0.5) is 0 Å². The van der Waals surface area contributed by atoms with Crippen molar-refractivity contribution in [3.8, 4) is 22.6 Å². The Balaban J connectivity index is 0.000000135. The van der Waals surface area contributed by atoms with E-state index in [2.05, 4.69) is 428 Å². The van der Waals surface area contributed by atoms with E-state index in [1.54, 1.807) is 12.1 Å². The maximum atomic E-state index is 9.33. The molecule has 18 rings (SSSR count). The zero-order valence-electron chi connectivity index (χ0n) is 65.4. The van der Waals surface area contributed by atoms with Crippen molar-refractivity contribution in [2.24, 2.45) is 14.1 Å². The maximum Gasteiger partial charge on any atom is 0.488 e. The molecular formula is C102H90BBrN4O4P4Pd. The van der Waals surface area contributed by atoms with Crippen LogP contribution in [0.1, 0.15) is 11.1 Å². The number of benzene rings is 16. The van der Waals surface area contributed by atoms with Gasteiger partial charge in [0, 0.05) is 39.0 Å². The number of phenols is 2. The molecule has 0 radical (unpaired) electrons. The van der Waals surface area contributed by atoms with Crippen molar-refractivity contribution < 1.29 is 40.7 Å². The minimum Gasteiger partial charge on any atom is -0.508 e. The van der Waals surface area contributed by atoms with E-state index in [0.717, 1.165) is 32.1 Å². The molecule has 0 atom stereocenters. The van der Waals surface area contributed by atoms with Gasteiger partial charge in [-0.1, -0.05) is 410 Å². The van der Waals surface area contributed by atoms with E-state index in [4.69, 9.17) is 15.2 Å². The largest absolute Gasteiger partial charge is 0.508 e. The molecule has 0 amide bonds. The van der Waals surface area contributed by atoms with Gasteiger partial charge in [0.05, 0.1) is 34.7 Å². The molecule has 4 N–H and O–H groups in total. The summed E-state index contributed by atoms with van der Waals surface area (Å²) in [6, 6.07) is 151. The molecule has 0 bridgehead atoms. The van der Waals surface area contributed by atoms with Gasteiger partial charge >= 0.3 is 7.12 Å². The summed E-state index contributed by atoms with van der Waals surface area (Å²) in [5, 5.41) is 52.1. The summed E-state index contributed by atoms with van der Waals surface area (Å²) in [5.41, 5.74) is 9.41. The molecule has 117 heavy (non-hydrogen) atoms. The van der Waals surface area contributed by atoms with E-state index in [0.29, 0.717) is 5.46 Å². The second-order valence-corrected chi connectivity index (χ2v) is 36.5. The van der Waals surface area contributed by atoms with Crippen LogP contribution in [0.25, 0.3) is 33.2 Å². The van der Waals surface area contributed by atoms with Crippen molar-refractivity contribution in [2.45, 2.75) is 13.8 Å². The predicted octanol–water partition coefficient (Wildman–Crippen LogP) is 18.7. The van der Waals surface area contributed by atoms with Crippen molar-refractivity contribution in [1.82, 2.24) is 19.1 Å². The molecule has 8 nitrogen and oxygen atoms in total. The Bertz CT molecular complexity index is 5030. The quantitative estimate of drug-likeness (QED) is 0.0637. The Labute approximate surface area is 715 Å². The van der Waals surface area contributed by atoms with Gasteiger partial charge in [0.1, 0.15) is 11.5 Å². The summed E-state index contributed by atoms with van der Waals surface area (Å²) in [6.45, 7) is 4.15. The SMILES string of the molecule is Cc1c(-c2ccc(O)cc2)ccc2c1ncn2C.Cc1c(Br)ccc2c1ncn2C.OB(O)c1ccc(O)cc1.[Pd].c1ccc(P(c2ccccc2)c2ccccc2)cc1.c1ccc(P(c2ccccc2)c2ccccc2)cc1.c1ccc(P(c2ccccc2)c2ccccc2)cc1.c1ccc(P(c2ccccc2)c2ccccc2)cc1. The molecule has 0 saturated heterocycles. The average molecular weight is 1760 g/mol. The normalized spacial score (nSPS) is 10.5. The van der Waals surface area contributed by atoms with Gasteiger partial charge in [-0.05, 0) is 179 Å². The molecule has 0 fully saturated rings. The summed E-state index contributed by atoms with van der Waals surface area (Å²) < 4.78 is 5.16. The molecule has 16 aromatic carbocycles. The molecule has 0 aliphatic rings. The van der Waals surface area contributed by atoms with Crippen LogP contribution in [0.15, 0.2) is 454 Å². The van der Waals surface area contributed by atoms with Gasteiger partial charge in [0.25, 0.3) is 0 Å². The zero-order valence-corrected chi connectivity index (χ0v) is 72.1. The summed E-state index contributed by atoms with van der Waals surface area (Å²) in [6.07, 6.45) is 3.67. The van der Waals surface area contributed by atoms with E-state index >= 15 is 0 Å². The fourth-order valence-electron chi connectivity index (χ4n) is 13.0. The summed E-state index contributed by atoms with van der Waals surface area (Å²) >= 11 is 3.48. The fourth-order valence-corrected chi connectivity index (χ4v) is 22.5. The van der Waals surface area contributed by atoms with Crippen LogP contribution in [0, 0.1) is 13.8 Å². The van der Waals surface area contributed by atoms with Crippen LogP contribution < -0.4 is 69.1 Å². The predicted molar refractivity (Wildman–Crippen MR) is 504 cm³/mol. The number of rotatable bonds is 14. The topological polar surface area (TPSA) is 117 Å². The number of hydrogen-bond donors (Lipinski definition) is 4. The van der Waals surface area contributed by atoms with Crippen molar-refractivity contribution in [3.05, 3.63) is 465 Å². The van der Waals surface area contributed by atoms with Gasteiger partial charge in [0.15, 0.2) is 0 Å². The minimum absolute atomic E-state index is 0. The Morgan fingerprint density at radius 2 is 0.470 bits per heavy atom. The van der Waals surface area contributed by atoms with E-state index in [1.807, 2.05) is 48.0 Å². The van der Waals surface area contributed by atoms with Crippen LogP contribution in [0.5, 0.6) is 11.5 Å². The Hall–Kier alpha value is -11.1. The molecule has 2 aromatic heterocycles. The first kappa shape index (κ1) is 86.8. The Morgan fingerprint density at radius 1 is 0.265 bits per heavy atom. The zero-order chi connectivity index (χ0) is 80.6. The number of nitrogens with zero attached hydrogens (tertiary/aromatic N) is 4. The second kappa shape index (κ2) is 45.4. The Morgan fingerprint density at radius 3 is 0.692 bits per heavy atom. The third-order valence-corrected chi connectivity index (χ3v) is 29.4. The van der Waals surface area contributed by atoms with Crippen LogP contribution in [0.3, 0.4) is 0 Å². The van der Waals surface area contributed by atoms with Crippen molar-refractivity contribution in [1.29, 1.82) is 0 Å². The third-order valence-electron chi connectivity index (χ3n) is 18.8. The Kier molecular flexibility index (Phi) is 33.7. The summed E-state index contributed by atoms with van der Waals surface area (Å²) in [7, 11) is 0.756. The van der Waals surface area contributed by atoms with E-state index < -0.39 is 38.8 Å². The number of hydrogen-bond acceptors (Lipinski definition) is 6. The molecule has 0 aliphatic carbocycles. The monoisotopic (exact) mass is 1750 g/mol. The summed E-state index contributed by atoms with van der Waals surface area (Å²) in [4.78, 5) is 8.75. The van der Waals surface area contributed by atoms with E-state index in [-0.39, 0.29) is 31.9 Å². The average Bonchev–Trinajstić information content (AvgIpc) is 1.62. The molecule has 0 spiro atoms. The number of aromatic nitrogens is 4. The minimum atomic E-state index is -1.46.